The van der Waals surface area contributed by atoms with E-state index in [0.717, 1.165) is 26.1 Å². The third-order valence-electron chi connectivity index (χ3n) is 5.84. The highest BCUT2D eigenvalue weighted by atomic mass is 32.2. The number of nitrogens with zero attached hydrogens (tertiary/aromatic N) is 1. The van der Waals surface area contributed by atoms with Crippen LogP contribution in [-0.2, 0) is 26.4 Å². The van der Waals surface area contributed by atoms with Gasteiger partial charge in [0.2, 0.25) is 10.0 Å². The summed E-state index contributed by atoms with van der Waals surface area (Å²) < 4.78 is 50.6. The van der Waals surface area contributed by atoms with Gasteiger partial charge in [-0.05, 0) is 42.7 Å². The zero-order valence-electron chi connectivity index (χ0n) is 17.6. The van der Waals surface area contributed by atoms with E-state index in [4.69, 9.17) is 0 Å². The van der Waals surface area contributed by atoms with Crippen LogP contribution in [0, 0.1) is 0 Å². The molecule has 8 nitrogen and oxygen atoms in total. The van der Waals surface area contributed by atoms with Gasteiger partial charge in [0, 0.05) is 37.3 Å². The Hall–Kier alpha value is -2.27. The van der Waals surface area contributed by atoms with Gasteiger partial charge < -0.3 is 5.32 Å². The summed E-state index contributed by atoms with van der Waals surface area (Å²) in [7, 11) is -7.03. The van der Waals surface area contributed by atoms with Gasteiger partial charge in [0.15, 0.2) is 9.84 Å². The molecule has 2 aromatic carbocycles. The van der Waals surface area contributed by atoms with Gasteiger partial charge in [-0.2, -0.15) is 0 Å². The Morgan fingerprint density at radius 1 is 1.00 bits per heavy atom. The van der Waals surface area contributed by atoms with Gasteiger partial charge >= 0.3 is 0 Å². The molecule has 2 atom stereocenters. The maximum Gasteiger partial charge on any atom is 0.251 e. The molecule has 2 N–H and O–H groups in total. The van der Waals surface area contributed by atoms with Crippen molar-refractivity contribution in [2.45, 2.75) is 36.4 Å². The highest BCUT2D eigenvalue weighted by molar-refractivity contribution is 7.92. The van der Waals surface area contributed by atoms with Crippen LogP contribution in [0.3, 0.4) is 0 Å². The van der Waals surface area contributed by atoms with Crippen molar-refractivity contribution in [3.63, 3.8) is 0 Å². The summed E-state index contributed by atoms with van der Waals surface area (Å²) in [6.45, 7) is 2.51. The van der Waals surface area contributed by atoms with Crippen LogP contribution < -0.4 is 10.0 Å². The molecule has 0 saturated carbocycles. The summed E-state index contributed by atoms with van der Waals surface area (Å²) in [4.78, 5) is 14.9. The van der Waals surface area contributed by atoms with E-state index in [1.54, 1.807) is 0 Å². The van der Waals surface area contributed by atoms with Crippen LogP contribution in [0.15, 0.2) is 59.5 Å². The van der Waals surface area contributed by atoms with E-state index < -0.39 is 25.9 Å². The molecule has 0 aromatic heterocycles. The zero-order chi connectivity index (χ0) is 22.8. The maximum absolute atomic E-state index is 12.6. The fourth-order valence-corrected chi connectivity index (χ4v) is 7.21. The van der Waals surface area contributed by atoms with Crippen LogP contribution in [0.2, 0.25) is 0 Å². The highest BCUT2D eigenvalue weighted by Crippen LogP contribution is 2.17. The normalized spacial score (nSPS) is 23.2. The summed E-state index contributed by atoms with van der Waals surface area (Å²) in [5, 5.41) is 3.02. The molecular weight excluding hydrogens is 450 g/mol. The number of carbonyl (C=O) groups excluding carboxylic acids is 1. The predicted molar refractivity (Wildman–Crippen MR) is 121 cm³/mol. The van der Waals surface area contributed by atoms with E-state index in [1.807, 2.05) is 18.2 Å². The standard InChI is InChI=1S/C22H27N3O5S2/c26-22(23-19-10-12-25(15-19)14-17-4-2-1-3-5-17)18-6-8-21(9-7-18)32(29,30)24-20-11-13-31(27,28)16-20/h1-9,19-20,24H,10-16H2,(H,23,26). The number of likely N-dealkylation sites (tertiary alicyclic amines) is 1. The van der Waals surface area contributed by atoms with Crippen molar-refractivity contribution in [2.24, 2.45) is 0 Å². The van der Waals surface area contributed by atoms with Crippen molar-refractivity contribution < 1.29 is 21.6 Å². The second kappa shape index (κ2) is 9.30. The lowest BCUT2D eigenvalue weighted by Gasteiger charge is -2.17. The third-order valence-corrected chi connectivity index (χ3v) is 9.14. The number of carbonyl (C=O) groups is 1. The smallest absolute Gasteiger partial charge is 0.251 e. The summed E-state index contributed by atoms with van der Waals surface area (Å²) >= 11 is 0. The van der Waals surface area contributed by atoms with Gasteiger partial charge in [0.25, 0.3) is 5.91 Å². The molecule has 172 valence electrons. The molecule has 0 aliphatic carbocycles. The van der Waals surface area contributed by atoms with E-state index in [2.05, 4.69) is 27.1 Å². The first-order chi connectivity index (χ1) is 15.2. The van der Waals surface area contributed by atoms with Gasteiger partial charge in [0.1, 0.15) is 0 Å². The second-order valence-corrected chi connectivity index (χ2v) is 12.4. The fourth-order valence-electron chi connectivity index (χ4n) is 4.17. The minimum atomic E-state index is -3.85. The van der Waals surface area contributed by atoms with Crippen molar-refractivity contribution >= 4 is 25.8 Å². The van der Waals surface area contributed by atoms with Crippen LogP contribution in [0.5, 0.6) is 0 Å². The van der Waals surface area contributed by atoms with Gasteiger partial charge in [-0.25, -0.2) is 21.6 Å². The van der Waals surface area contributed by atoms with Crippen molar-refractivity contribution in [3.05, 3.63) is 65.7 Å². The minimum Gasteiger partial charge on any atom is -0.348 e. The fraction of sp³-hybridized carbons (Fsp3) is 0.409. The number of hydrogen-bond acceptors (Lipinski definition) is 6. The quantitative estimate of drug-likeness (QED) is 0.619. The Morgan fingerprint density at radius 3 is 2.38 bits per heavy atom. The summed E-state index contributed by atoms with van der Waals surface area (Å²) in [6, 6.07) is 15.3. The van der Waals surface area contributed by atoms with Gasteiger partial charge in [-0.3, -0.25) is 9.69 Å². The van der Waals surface area contributed by atoms with Crippen molar-refractivity contribution in [1.82, 2.24) is 14.9 Å². The van der Waals surface area contributed by atoms with E-state index in [0.29, 0.717) is 5.56 Å². The molecule has 2 unspecified atom stereocenters. The summed E-state index contributed by atoms with van der Waals surface area (Å²) in [6.07, 6.45) is 1.13. The number of amides is 1. The molecule has 2 aliphatic rings. The summed E-state index contributed by atoms with van der Waals surface area (Å²) in [5.74, 6) is -0.436. The molecule has 0 bridgehead atoms. The van der Waals surface area contributed by atoms with Crippen LogP contribution in [0.25, 0.3) is 0 Å². The maximum atomic E-state index is 12.6. The number of sulfone groups is 1. The van der Waals surface area contributed by atoms with Crippen LogP contribution >= 0.6 is 0 Å². The van der Waals surface area contributed by atoms with Gasteiger partial charge in [0.05, 0.1) is 16.4 Å². The topological polar surface area (TPSA) is 113 Å². The average molecular weight is 478 g/mol. The van der Waals surface area contributed by atoms with Gasteiger partial charge in [-0.15, -0.1) is 0 Å². The molecule has 10 heteroatoms. The second-order valence-electron chi connectivity index (χ2n) is 8.43. The summed E-state index contributed by atoms with van der Waals surface area (Å²) in [5.41, 5.74) is 1.62. The van der Waals surface area contributed by atoms with Crippen molar-refractivity contribution in [1.29, 1.82) is 0 Å². The van der Waals surface area contributed by atoms with Crippen LogP contribution in [0.4, 0.5) is 0 Å². The number of hydrogen-bond donors (Lipinski definition) is 2. The minimum absolute atomic E-state index is 0.00764. The molecule has 0 radical (unpaired) electrons. The lowest BCUT2D eigenvalue weighted by molar-refractivity contribution is 0.0937. The Labute approximate surface area is 189 Å². The molecular formula is C22H27N3O5S2. The Morgan fingerprint density at radius 2 is 1.72 bits per heavy atom. The monoisotopic (exact) mass is 477 g/mol. The largest absolute Gasteiger partial charge is 0.348 e. The van der Waals surface area contributed by atoms with Crippen LogP contribution in [-0.4, -0.2) is 64.3 Å². The van der Waals surface area contributed by atoms with Gasteiger partial charge in [-0.1, -0.05) is 30.3 Å². The zero-order valence-corrected chi connectivity index (χ0v) is 19.2. The Balaban J connectivity index is 1.31. The SMILES string of the molecule is O=C(NC1CCN(Cc2ccccc2)C1)c1ccc(S(=O)(=O)NC2CCS(=O)(=O)C2)cc1. The van der Waals surface area contributed by atoms with E-state index in [1.165, 1.54) is 29.8 Å². The van der Waals surface area contributed by atoms with Crippen molar-refractivity contribution in [3.8, 4) is 0 Å². The first kappa shape index (κ1) is 22.9. The molecule has 32 heavy (non-hydrogen) atoms. The third kappa shape index (κ3) is 5.74. The first-order valence-corrected chi connectivity index (χ1v) is 13.9. The number of benzene rings is 2. The molecule has 0 spiro atoms. The molecule has 1 amide bonds. The first-order valence-electron chi connectivity index (χ1n) is 10.6. The van der Waals surface area contributed by atoms with E-state index >= 15 is 0 Å². The highest BCUT2D eigenvalue weighted by Gasteiger charge is 2.31. The van der Waals surface area contributed by atoms with Crippen LogP contribution in [0.1, 0.15) is 28.8 Å². The molecule has 4 rings (SSSR count). The number of sulfonamides is 1. The van der Waals surface area contributed by atoms with E-state index in [-0.39, 0.29) is 34.8 Å². The number of nitrogens with one attached hydrogen (secondary N) is 2. The average Bonchev–Trinajstić information content (AvgIpc) is 3.33. The molecule has 2 saturated heterocycles. The lowest BCUT2D eigenvalue weighted by atomic mass is 10.2. The molecule has 2 aromatic rings. The number of rotatable bonds is 7. The van der Waals surface area contributed by atoms with E-state index in [9.17, 15) is 21.6 Å². The Kier molecular flexibility index (Phi) is 6.66. The van der Waals surface area contributed by atoms with Crippen molar-refractivity contribution in [2.75, 3.05) is 24.6 Å². The molecule has 2 aliphatic heterocycles. The molecule has 2 heterocycles. The lowest BCUT2D eigenvalue weighted by Crippen LogP contribution is -2.37. The molecule has 2 fully saturated rings. The predicted octanol–water partition coefficient (Wildman–Crippen LogP) is 1.16. The Bertz CT molecular complexity index is 1170.